The predicted octanol–water partition coefficient (Wildman–Crippen LogP) is 5.32. The highest BCUT2D eigenvalue weighted by atomic mass is 35.5. The molecule has 2 amide bonds. The number of hydrogen-bond acceptors (Lipinski definition) is 5. The molecule has 160 valence electrons. The molecule has 0 fully saturated rings. The quantitative estimate of drug-likeness (QED) is 0.471. The molecule has 0 unspecified atom stereocenters. The van der Waals surface area contributed by atoms with Crippen LogP contribution in [0.3, 0.4) is 0 Å². The Morgan fingerprint density at radius 2 is 1.68 bits per heavy atom. The average Bonchev–Trinajstić information content (AvgIpc) is 3.06. The van der Waals surface area contributed by atoms with Gasteiger partial charge in [-0.25, -0.2) is 4.79 Å². The van der Waals surface area contributed by atoms with Crippen molar-refractivity contribution in [1.82, 2.24) is 0 Å². The Hall–Kier alpha value is -3.16. The van der Waals surface area contributed by atoms with Gasteiger partial charge in [0.2, 0.25) is 5.91 Å². The van der Waals surface area contributed by atoms with E-state index in [0.29, 0.717) is 21.2 Å². The van der Waals surface area contributed by atoms with Crippen molar-refractivity contribution >= 4 is 51.4 Å². The van der Waals surface area contributed by atoms with Crippen LogP contribution >= 0.6 is 22.9 Å². The summed E-state index contributed by atoms with van der Waals surface area (Å²) in [6, 6.07) is 15.9. The second kappa shape index (κ2) is 10.2. The van der Waals surface area contributed by atoms with Gasteiger partial charge in [0.15, 0.2) is 0 Å². The fourth-order valence-electron chi connectivity index (χ4n) is 2.94. The van der Waals surface area contributed by atoms with E-state index in [0.717, 1.165) is 16.9 Å². The number of benzene rings is 2. The third kappa shape index (κ3) is 5.71. The van der Waals surface area contributed by atoms with Gasteiger partial charge in [-0.2, -0.15) is 0 Å². The normalized spacial score (nSPS) is 10.4. The summed E-state index contributed by atoms with van der Waals surface area (Å²) in [5.41, 5.74) is 2.04. The second-order valence-corrected chi connectivity index (χ2v) is 8.11. The number of rotatable bonds is 7. The topological polar surface area (TPSA) is 84.5 Å². The van der Waals surface area contributed by atoms with E-state index >= 15 is 0 Å². The van der Waals surface area contributed by atoms with Gasteiger partial charge in [-0.05, 0) is 49.2 Å². The Morgan fingerprint density at radius 3 is 2.32 bits per heavy atom. The lowest BCUT2D eigenvalue weighted by atomic mass is 10.1. The summed E-state index contributed by atoms with van der Waals surface area (Å²) in [5.74, 6) is -1.27. The van der Waals surface area contributed by atoms with Crippen LogP contribution in [-0.2, 0) is 16.0 Å². The first-order chi connectivity index (χ1) is 14.9. The molecule has 0 radical (unpaired) electrons. The molecule has 31 heavy (non-hydrogen) atoms. The minimum Gasteiger partial charge on any atom is -0.462 e. The van der Waals surface area contributed by atoms with Gasteiger partial charge in [0.1, 0.15) is 5.00 Å². The van der Waals surface area contributed by atoms with Crippen molar-refractivity contribution in [2.24, 2.45) is 0 Å². The largest absolute Gasteiger partial charge is 0.462 e. The number of amides is 2. The fourth-order valence-corrected chi connectivity index (χ4v) is 4.17. The molecule has 0 spiro atoms. The van der Waals surface area contributed by atoms with E-state index in [9.17, 15) is 14.4 Å². The number of esters is 1. The molecule has 0 aliphatic heterocycles. The highest BCUT2D eigenvalue weighted by molar-refractivity contribution is 7.18. The van der Waals surface area contributed by atoms with Crippen LogP contribution < -0.4 is 10.6 Å². The summed E-state index contributed by atoms with van der Waals surface area (Å²) >= 11 is 6.92. The molecule has 6 nitrogen and oxygen atoms in total. The first-order valence-corrected chi connectivity index (χ1v) is 10.8. The van der Waals surface area contributed by atoms with Crippen LogP contribution in [-0.4, -0.2) is 24.4 Å². The third-order valence-electron chi connectivity index (χ3n) is 4.40. The lowest BCUT2D eigenvalue weighted by molar-refractivity contribution is -0.115. The maximum absolute atomic E-state index is 12.8. The van der Waals surface area contributed by atoms with Crippen molar-refractivity contribution in [2.45, 2.75) is 20.3 Å². The number of hydrogen-bond donors (Lipinski definition) is 2. The summed E-state index contributed by atoms with van der Waals surface area (Å²) in [6.45, 7) is 3.53. The minimum absolute atomic E-state index is 0.145. The van der Waals surface area contributed by atoms with Crippen molar-refractivity contribution in [2.75, 3.05) is 17.2 Å². The Morgan fingerprint density at radius 1 is 1.00 bits per heavy atom. The van der Waals surface area contributed by atoms with Gasteiger partial charge in [0.05, 0.1) is 23.5 Å². The van der Waals surface area contributed by atoms with E-state index in [1.54, 1.807) is 38.1 Å². The molecule has 0 saturated heterocycles. The zero-order valence-electron chi connectivity index (χ0n) is 17.0. The Bertz CT molecular complexity index is 1090. The second-order valence-electron chi connectivity index (χ2n) is 6.65. The Balaban J connectivity index is 1.86. The molecule has 2 N–H and O–H groups in total. The standard InChI is InChI=1S/C23H21ClN2O4S/c1-3-30-23(29)19-14(2)20(21(28)25-17-11-9-16(24)10-12-17)31-22(19)26-18(27)13-15-7-5-4-6-8-15/h4-12H,3,13H2,1-2H3,(H,25,28)(H,26,27). The van der Waals surface area contributed by atoms with E-state index in [-0.39, 0.29) is 35.4 Å². The molecule has 0 aliphatic rings. The predicted molar refractivity (Wildman–Crippen MR) is 123 cm³/mol. The van der Waals surface area contributed by atoms with E-state index in [1.165, 1.54) is 0 Å². The summed E-state index contributed by atoms with van der Waals surface area (Å²) < 4.78 is 5.14. The molecule has 1 heterocycles. The van der Waals surface area contributed by atoms with Gasteiger partial charge in [0, 0.05) is 10.7 Å². The van der Waals surface area contributed by atoms with Crippen molar-refractivity contribution in [1.29, 1.82) is 0 Å². The number of anilines is 2. The van der Waals surface area contributed by atoms with Crippen LogP contribution in [0, 0.1) is 6.92 Å². The zero-order valence-corrected chi connectivity index (χ0v) is 18.6. The molecule has 1 aromatic heterocycles. The summed E-state index contributed by atoms with van der Waals surface area (Å²) in [6.07, 6.45) is 0.145. The van der Waals surface area contributed by atoms with Gasteiger partial charge >= 0.3 is 5.97 Å². The summed E-state index contributed by atoms with van der Waals surface area (Å²) in [7, 11) is 0. The zero-order chi connectivity index (χ0) is 22.4. The van der Waals surface area contributed by atoms with Crippen LogP contribution in [0.1, 0.15) is 38.1 Å². The lowest BCUT2D eigenvalue weighted by Crippen LogP contribution is -2.16. The molecular weight excluding hydrogens is 436 g/mol. The van der Waals surface area contributed by atoms with E-state index in [4.69, 9.17) is 16.3 Å². The number of ether oxygens (including phenoxy) is 1. The van der Waals surface area contributed by atoms with E-state index < -0.39 is 5.97 Å². The maximum Gasteiger partial charge on any atom is 0.341 e. The van der Waals surface area contributed by atoms with Gasteiger partial charge < -0.3 is 15.4 Å². The molecule has 8 heteroatoms. The maximum atomic E-state index is 12.8. The number of thiophene rings is 1. The molecule has 3 aromatic rings. The van der Waals surface area contributed by atoms with Crippen molar-refractivity contribution < 1.29 is 19.1 Å². The minimum atomic E-state index is -0.586. The van der Waals surface area contributed by atoms with Gasteiger partial charge in [0.25, 0.3) is 5.91 Å². The van der Waals surface area contributed by atoms with Crippen molar-refractivity contribution in [3.05, 3.63) is 81.2 Å². The molecule has 3 rings (SSSR count). The van der Waals surface area contributed by atoms with E-state index in [1.807, 2.05) is 30.3 Å². The molecule has 2 aromatic carbocycles. The van der Waals surface area contributed by atoms with Gasteiger partial charge in [-0.15, -0.1) is 11.3 Å². The van der Waals surface area contributed by atoms with Crippen molar-refractivity contribution in [3.63, 3.8) is 0 Å². The number of halogens is 1. The smallest absolute Gasteiger partial charge is 0.341 e. The third-order valence-corrected chi connectivity index (χ3v) is 5.85. The first-order valence-electron chi connectivity index (χ1n) is 9.60. The van der Waals surface area contributed by atoms with Crippen LogP contribution in [0.25, 0.3) is 0 Å². The SMILES string of the molecule is CCOC(=O)c1c(NC(=O)Cc2ccccc2)sc(C(=O)Nc2ccc(Cl)cc2)c1C. The van der Waals surface area contributed by atoms with E-state index in [2.05, 4.69) is 10.6 Å². The van der Waals surface area contributed by atoms with Crippen molar-refractivity contribution in [3.8, 4) is 0 Å². The highest BCUT2D eigenvalue weighted by Crippen LogP contribution is 2.34. The van der Waals surface area contributed by atoms with Crippen LogP contribution in [0.5, 0.6) is 0 Å². The Labute approximate surface area is 189 Å². The molecular formula is C23H21ClN2O4S. The van der Waals surface area contributed by atoms with Crippen LogP contribution in [0.2, 0.25) is 5.02 Å². The number of carbonyl (C=O) groups is 3. The molecule has 0 bridgehead atoms. The van der Waals surface area contributed by atoms with Gasteiger partial charge in [-0.1, -0.05) is 41.9 Å². The molecule has 0 aliphatic carbocycles. The number of carbonyl (C=O) groups excluding carboxylic acids is 3. The highest BCUT2D eigenvalue weighted by Gasteiger charge is 2.26. The molecule has 0 saturated carbocycles. The van der Waals surface area contributed by atoms with Crippen LogP contribution in [0.15, 0.2) is 54.6 Å². The molecule has 0 atom stereocenters. The van der Waals surface area contributed by atoms with Crippen LogP contribution in [0.4, 0.5) is 10.7 Å². The monoisotopic (exact) mass is 456 g/mol. The number of nitrogens with one attached hydrogen (secondary N) is 2. The average molecular weight is 457 g/mol. The summed E-state index contributed by atoms with van der Waals surface area (Å²) in [4.78, 5) is 38.3. The van der Waals surface area contributed by atoms with Gasteiger partial charge in [-0.3, -0.25) is 9.59 Å². The fraction of sp³-hybridized carbons (Fsp3) is 0.174. The lowest BCUT2D eigenvalue weighted by Gasteiger charge is -2.07. The first kappa shape index (κ1) is 22.5. The summed E-state index contributed by atoms with van der Waals surface area (Å²) in [5, 5.41) is 6.39. The Kier molecular flexibility index (Phi) is 7.44.